The Bertz CT molecular complexity index is 419. The first-order valence-electron chi connectivity index (χ1n) is 8.33. The van der Waals surface area contributed by atoms with Crippen molar-refractivity contribution in [1.82, 2.24) is 0 Å². The Morgan fingerprint density at radius 2 is 2.14 bits per heavy atom. The summed E-state index contributed by atoms with van der Waals surface area (Å²) in [5, 5.41) is 0.227. The van der Waals surface area contributed by atoms with Crippen LogP contribution >= 0.6 is 0 Å². The van der Waals surface area contributed by atoms with Gasteiger partial charge >= 0.3 is 0 Å². The highest BCUT2D eigenvalue weighted by atomic mass is 28.4. The molecule has 2 rings (SSSR count). The van der Waals surface area contributed by atoms with E-state index < -0.39 is 8.32 Å². The van der Waals surface area contributed by atoms with Gasteiger partial charge in [0.15, 0.2) is 8.32 Å². The van der Waals surface area contributed by atoms with Crippen LogP contribution in [0.4, 0.5) is 0 Å². The van der Waals surface area contributed by atoms with E-state index in [-0.39, 0.29) is 10.6 Å². The summed E-state index contributed by atoms with van der Waals surface area (Å²) in [5.41, 5.74) is 1.23. The van der Waals surface area contributed by atoms with Crippen molar-refractivity contribution in [2.24, 2.45) is 5.92 Å². The molecule has 0 aromatic heterocycles. The molecular weight excluding hydrogens is 276 g/mol. The monoisotopic (exact) mass is 308 g/mol. The van der Waals surface area contributed by atoms with Crippen LogP contribution in [0, 0.1) is 5.92 Å². The summed E-state index contributed by atoms with van der Waals surface area (Å²) < 4.78 is 12.8. The quantitative estimate of drug-likeness (QED) is 0.532. The number of hydrogen-bond acceptors (Lipinski definition) is 2. The average Bonchev–Trinajstić information content (AvgIpc) is 2.81. The largest absolute Gasteiger partial charge is 0.407 e. The lowest BCUT2D eigenvalue weighted by molar-refractivity contribution is 0.0389. The molecule has 120 valence electrons. The third-order valence-electron chi connectivity index (χ3n) is 5.64. The Morgan fingerprint density at radius 3 is 2.67 bits per heavy atom. The highest BCUT2D eigenvalue weighted by Crippen LogP contribution is 2.50. The van der Waals surface area contributed by atoms with Crippen molar-refractivity contribution in [3.05, 3.63) is 24.3 Å². The molecule has 2 atom stereocenters. The maximum Gasteiger partial charge on any atom is 0.193 e. The lowest BCUT2D eigenvalue weighted by atomic mass is 9.83. The zero-order chi connectivity index (χ0) is 15.7. The third kappa shape index (κ3) is 3.20. The van der Waals surface area contributed by atoms with Gasteiger partial charge in [0.2, 0.25) is 0 Å². The lowest BCUT2D eigenvalue weighted by Crippen LogP contribution is -2.53. The summed E-state index contributed by atoms with van der Waals surface area (Å²) in [7, 11) is -1.83. The van der Waals surface area contributed by atoms with Crippen LogP contribution < -0.4 is 0 Å². The molecule has 0 bridgehead atoms. The van der Waals surface area contributed by atoms with E-state index in [1.807, 2.05) is 0 Å². The molecule has 21 heavy (non-hydrogen) atoms. The second kappa shape index (κ2) is 6.02. The normalized spacial score (nSPS) is 31.1. The summed E-state index contributed by atoms with van der Waals surface area (Å²) in [4.78, 5) is 0. The van der Waals surface area contributed by atoms with E-state index in [0.29, 0.717) is 5.92 Å². The van der Waals surface area contributed by atoms with E-state index in [2.05, 4.69) is 52.6 Å². The van der Waals surface area contributed by atoms with Crippen LogP contribution in [0.25, 0.3) is 0 Å². The summed E-state index contributed by atoms with van der Waals surface area (Å²) in [6, 6.07) is 0. The van der Waals surface area contributed by atoms with E-state index in [9.17, 15) is 0 Å². The Labute approximate surface area is 131 Å². The minimum Gasteiger partial charge on any atom is -0.407 e. The summed E-state index contributed by atoms with van der Waals surface area (Å²) in [5.74, 6) is 0.430. The van der Waals surface area contributed by atoms with Gasteiger partial charge in [0, 0.05) is 5.92 Å². The van der Waals surface area contributed by atoms with Gasteiger partial charge in [0.1, 0.15) is 0 Å². The molecule has 0 aromatic rings. The zero-order valence-corrected chi connectivity index (χ0v) is 15.5. The van der Waals surface area contributed by atoms with Crippen molar-refractivity contribution in [1.29, 1.82) is 0 Å². The lowest BCUT2D eigenvalue weighted by Gasteiger charge is -2.48. The zero-order valence-electron chi connectivity index (χ0n) is 14.5. The van der Waals surface area contributed by atoms with Crippen LogP contribution in [0.15, 0.2) is 24.3 Å². The van der Waals surface area contributed by atoms with Gasteiger partial charge in [-0.15, -0.1) is 6.58 Å². The Hall–Kier alpha value is -0.383. The summed E-state index contributed by atoms with van der Waals surface area (Å²) in [6.45, 7) is 17.3. The molecule has 0 spiro atoms. The predicted octanol–water partition coefficient (Wildman–Crippen LogP) is 5.08. The van der Waals surface area contributed by atoms with E-state index >= 15 is 0 Å². The molecule has 2 aliphatic rings. The fourth-order valence-electron chi connectivity index (χ4n) is 3.36. The average molecular weight is 309 g/mol. The highest BCUT2D eigenvalue weighted by molar-refractivity contribution is 6.74. The van der Waals surface area contributed by atoms with Gasteiger partial charge in [-0.3, -0.25) is 0 Å². The molecule has 0 radical (unpaired) electrons. The third-order valence-corrected chi connectivity index (χ3v) is 10.1. The minimum absolute atomic E-state index is 0.148. The van der Waals surface area contributed by atoms with Gasteiger partial charge in [-0.2, -0.15) is 0 Å². The van der Waals surface area contributed by atoms with E-state index in [4.69, 9.17) is 9.16 Å². The minimum atomic E-state index is -1.83. The standard InChI is InChI=1S/C18H32O2Si/c1-7-15-10-8-12-18(15,16-11-9-13-19-14-16)20-21(5,6)17(2,3)4/h7,11,15H,1,8-10,12-14H2,2-6H3/t15-,18-/m0/s1. The Balaban J connectivity index is 2.38. The van der Waals surface area contributed by atoms with E-state index in [1.165, 1.54) is 18.4 Å². The van der Waals surface area contributed by atoms with Crippen molar-refractivity contribution >= 4 is 8.32 Å². The SMILES string of the molecule is C=C[C@H]1CCC[C@@]1(O[Si](C)(C)C(C)(C)C)C1=CCCOC1. The van der Waals surface area contributed by atoms with Crippen LogP contribution in [0.5, 0.6) is 0 Å². The molecular formula is C18H32O2Si. The molecule has 0 amide bonds. The molecule has 0 aromatic carbocycles. The van der Waals surface area contributed by atoms with E-state index in [1.54, 1.807) is 0 Å². The number of ether oxygens (including phenoxy) is 1. The van der Waals surface area contributed by atoms with Gasteiger partial charge in [-0.05, 0) is 49.4 Å². The fourth-order valence-corrected chi connectivity index (χ4v) is 4.96. The molecule has 1 aliphatic carbocycles. The van der Waals surface area contributed by atoms with E-state index in [0.717, 1.165) is 26.1 Å². The first-order valence-corrected chi connectivity index (χ1v) is 11.2. The van der Waals surface area contributed by atoms with Gasteiger partial charge in [-0.1, -0.05) is 32.9 Å². The first kappa shape index (κ1) is 17.0. The molecule has 1 aliphatic heterocycles. The van der Waals surface area contributed by atoms with Gasteiger partial charge in [-0.25, -0.2) is 0 Å². The summed E-state index contributed by atoms with van der Waals surface area (Å²) in [6.07, 6.45) is 9.04. The second-order valence-corrected chi connectivity index (χ2v) is 12.8. The van der Waals surface area contributed by atoms with Crippen LogP contribution in [-0.4, -0.2) is 27.1 Å². The topological polar surface area (TPSA) is 18.5 Å². The maximum atomic E-state index is 7.01. The van der Waals surface area contributed by atoms with Gasteiger partial charge < -0.3 is 9.16 Å². The fraction of sp³-hybridized carbons (Fsp3) is 0.778. The molecule has 1 fully saturated rings. The smallest absolute Gasteiger partial charge is 0.193 e. The maximum absolute atomic E-state index is 7.01. The first-order chi connectivity index (χ1) is 9.73. The predicted molar refractivity (Wildman–Crippen MR) is 92.1 cm³/mol. The van der Waals surface area contributed by atoms with Gasteiger partial charge in [0.25, 0.3) is 0 Å². The van der Waals surface area contributed by atoms with Crippen LogP contribution in [0.2, 0.25) is 18.1 Å². The molecule has 1 heterocycles. The molecule has 0 saturated heterocycles. The van der Waals surface area contributed by atoms with Crippen molar-refractivity contribution < 1.29 is 9.16 Å². The number of rotatable bonds is 4. The highest BCUT2D eigenvalue weighted by Gasteiger charge is 2.51. The van der Waals surface area contributed by atoms with Crippen LogP contribution in [-0.2, 0) is 9.16 Å². The van der Waals surface area contributed by atoms with Gasteiger partial charge in [0.05, 0.1) is 18.8 Å². The molecule has 0 N–H and O–H groups in total. The van der Waals surface area contributed by atoms with Crippen molar-refractivity contribution in [2.45, 2.75) is 70.2 Å². The Morgan fingerprint density at radius 1 is 1.43 bits per heavy atom. The van der Waals surface area contributed by atoms with Crippen molar-refractivity contribution in [2.75, 3.05) is 13.2 Å². The van der Waals surface area contributed by atoms with Crippen molar-refractivity contribution in [3.8, 4) is 0 Å². The molecule has 3 heteroatoms. The van der Waals surface area contributed by atoms with Crippen LogP contribution in [0.3, 0.4) is 0 Å². The summed E-state index contributed by atoms with van der Waals surface area (Å²) >= 11 is 0. The number of hydrogen-bond donors (Lipinski definition) is 0. The van der Waals surface area contributed by atoms with Crippen LogP contribution in [0.1, 0.15) is 46.5 Å². The second-order valence-electron chi connectivity index (χ2n) is 8.06. The Kier molecular flexibility index (Phi) is 4.86. The molecule has 0 unspecified atom stereocenters. The molecule has 1 saturated carbocycles. The van der Waals surface area contributed by atoms with Crippen molar-refractivity contribution in [3.63, 3.8) is 0 Å². The molecule has 2 nitrogen and oxygen atoms in total.